The molecule has 1 nitrogen and oxygen atoms in total. The maximum atomic E-state index is 2.58. The lowest BCUT2D eigenvalue weighted by Gasteiger charge is -2.36. The van der Waals surface area contributed by atoms with Crippen LogP contribution in [-0.2, 0) is 18.3 Å². The first-order chi connectivity index (χ1) is 28.8. The van der Waals surface area contributed by atoms with E-state index in [4.69, 9.17) is 0 Å². The van der Waals surface area contributed by atoms with Crippen molar-refractivity contribution in [3.05, 3.63) is 221 Å². The van der Waals surface area contributed by atoms with Crippen LogP contribution in [0, 0.1) is 0 Å². The highest BCUT2D eigenvalue weighted by Gasteiger charge is 2.47. The largest absolute Gasteiger partial charge is 0.310 e. The molecule has 8 aromatic carbocycles. The van der Waals surface area contributed by atoms with Crippen LogP contribution in [-0.4, -0.2) is 0 Å². The molecule has 1 heteroatoms. The number of hydrogen-bond donors (Lipinski definition) is 0. The van der Waals surface area contributed by atoms with Gasteiger partial charge >= 0.3 is 0 Å². The summed E-state index contributed by atoms with van der Waals surface area (Å²) in [5, 5.41) is 2.58. The summed E-state index contributed by atoms with van der Waals surface area (Å²) in [6, 6.07) is 69.3. The second kappa shape index (κ2) is 14.6. The molecule has 3 aliphatic carbocycles. The van der Waals surface area contributed by atoms with Crippen LogP contribution in [0.15, 0.2) is 182 Å². The van der Waals surface area contributed by atoms with Crippen molar-refractivity contribution in [1.29, 1.82) is 0 Å². The minimum Gasteiger partial charge on any atom is -0.310 e. The number of benzene rings is 8. The fraction of sp³-hybridized carbons (Fsp3) is 0.193. The van der Waals surface area contributed by atoms with E-state index in [1.807, 2.05) is 0 Å². The molecule has 282 valence electrons. The van der Waals surface area contributed by atoms with Crippen molar-refractivity contribution in [3.8, 4) is 22.3 Å². The lowest BCUT2D eigenvalue weighted by molar-refractivity contribution is 0.444. The van der Waals surface area contributed by atoms with Gasteiger partial charge in [0.2, 0.25) is 0 Å². The van der Waals surface area contributed by atoms with E-state index in [9.17, 15) is 0 Å². The molecule has 0 amide bonds. The van der Waals surface area contributed by atoms with E-state index in [0.717, 1.165) is 0 Å². The minimum atomic E-state index is -0.519. The van der Waals surface area contributed by atoms with Gasteiger partial charge in [-0.3, -0.25) is 0 Å². The summed E-state index contributed by atoms with van der Waals surface area (Å²) in [5.74, 6) is 0.556. The monoisotopic (exact) mass is 747 g/mol. The van der Waals surface area contributed by atoms with E-state index in [0.29, 0.717) is 5.92 Å². The molecular formula is C57H49N. The number of hydrogen-bond acceptors (Lipinski definition) is 1. The molecule has 0 aromatic heterocycles. The Balaban J connectivity index is 1.15. The van der Waals surface area contributed by atoms with E-state index in [1.54, 1.807) is 5.56 Å². The van der Waals surface area contributed by atoms with Crippen molar-refractivity contribution in [3.63, 3.8) is 0 Å². The topological polar surface area (TPSA) is 3.24 Å². The molecule has 0 radical (unpaired) electrons. The highest BCUT2D eigenvalue weighted by atomic mass is 15.1. The van der Waals surface area contributed by atoms with Gasteiger partial charge in [0, 0.05) is 17.1 Å². The van der Waals surface area contributed by atoms with Crippen molar-refractivity contribution < 1.29 is 0 Å². The van der Waals surface area contributed by atoms with Crippen LogP contribution in [0.5, 0.6) is 0 Å². The molecule has 0 heterocycles. The highest BCUT2D eigenvalue weighted by molar-refractivity contribution is 6.01. The van der Waals surface area contributed by atoms with Crippen LogP contribution in [0.1, 0.15) is 89.8 Å². The zero-order chi connectivity index (χ0) is 38.5. The quantitative estimate of drug-likeness (QED) is 0.157. The Bertz CT molecular complexity index is 2720. The number of rotatable bonds is 7. The Morgan fingerprint density at radius 1 is 0.466 bits per heavy atom. The Morgan fingerprint density at radius 2 is 1.14 bits per heavy atom. The maximum Gasteiger partial charge on any atom is 0.0720 e. The second-order valence-electron chi connectivity index (χ2n) is 16.8. The van der Waals surface area contributed by atoms with E-state index in [2.05, 4.69) is 187 Å². The van der Waals surface area contributed by atoms with Crippen LogP contribution in [0.3, 0.4) is 0 Å². The van der Waals surface area contributed by atoms with Crippen molar-refractivity contribution in [2.45, 2.75) is 69.1 Å². The number of aryl methyl sites for hydroxylation is 1. The standard InChI is InChI=1S/C57H49N/c1-4-17-41(18-5-1)50-27-14-15-30-55(50)58(46-34-31-43(32-35-46)49-29-16-21-40-19-10-12-26-48(40)49)47-36-38-52-53-37-33-42-20-11-13-28-51(42)56(53)57(54(52)39-47,44-22-6-2-7-23-44)45-24-8-3-9-25-45/h2-3,6-9,11,13-16,20-25,27-39,41H,1,4-5,10,12,17-19,26H2. The van der Waals surface area contributed by atoms with Crippen molar-refractivity contribution in [2.24, 2.45) is 0 Å². The molecule has 11 rings (SSSR count). The minimum absolute atomic E-state index is 0.519. The summed E-state index contributed by atoms with van der Waals surface area (Å²) in [6.45, 7) is 0. The summed E-state index contributed by atoms with van der Waals surface area (Å²) < 4.78 is 0. The molecule has 3 aliphatic rings. The summed E-state index contributed by atoms with van der Waals surface area (Å²) in [5.41, 5.74) is 18.3. The fourth-order valence-corrected chi connectivity index (χ4v) is 11.1. The van der Waals surface area contributed by atoms with Crippen LogP contribution in [0.25, 0.3) is 33.0 Å². The highest BCUT2D eigenvalue weighted by Crippen LogP contribution is 2.59. The van der Waals surface area contributed by atoms with Gasteiger partial charge in [0.15, 0.2) is 0 Å². The molecule has 0 aliphatic heterocycles. The van der Waals surface area contributed by atoms with Crippen LogP contribution < -0.4 is 4.90 Å². The summed E-state index contributed by atoms with van der Waals surface area (Å²) in [7, 11) is 0. The molecule has 0 atom stereocenters. The molecule has 0 bridgehead atoms. The Labute approximate surface area is 343 Å². The van der Waals surface area contributed by atoms with Crippen LogP contribution >= 0.6 is 0 Å². The third-order valence-electron chi connectivity index (χ3n) is 13.7. The summed E-state index contributed by atoms with van der Waals surface area (Å²) >= 11 is 0. The van der Waals surface area contributed by atoms with Crippen molar-refractivity contribution in [2.75, 3.05) is 4.90 Å². The number of nitrogens with zero attached hydrogens (tertiary/aromatic N) is 1. The normalized spacial score (nSPS) is 15.7. The Hall–Kier alpha value is -6.18. The summed E-state index contributed by atoms with van der Waals surface area (Å²) in [6.07, 6.45) is 11.4. The molecule has 0 spiro atoms. The molecule has 1 saturated carbocycles. The maximum absolute atomic E-state index is 2.58. The number of fused-ring (bicyclic) bond motifs is 6. The van der Waals surface area contributed by atoms with Crippen molar-refractivity contribution in [1.82, 2.24) is 0 Å². The average Bonchev–Trinajstić information content (AvgIpc) is 3.61. The van der Waals surface area contributed by atoms with Crippen molar-refractivity contribution >= 4 is 27.8 Å². The van der Waals surface area contributed by atoms with Gasteiger partial charge in [0.1, 0.15) is 0 Å². The number of anilines is 3. The van der Waals surface area contributed by atoms with Crippen LogP contribution in [0.4, 0.5) is 17.1 Å². The molecule has 1 fully saturated rings. The first-order valence-corrected chi connectivity index (χ1v) is 21.7. The molecular weight excluding hydrogens is 699 g/mol. The van der Waals surface area contributed by atoms with E-state index < -0.39 is 5.41 Å². The molecule has 0 saturated heterocycles. The Kier molecular flexibility index (Phi) is 8.84. The van der Waals surface area contributed by atoms with Gasteiger partial charge in [0.05, 0.1) is 5.41 Å². The predicted molar refractivity (Wildman–Crippen MR) is 244 cm³/mol. The molecule has 0 N–H and O–H groups in total. The molecule has 8 aromatic rings. The second-order valence-corrected chi connectivity index (χ2v) is 16.8. The van der Waals surface area contributed by atoms with Gasteiger partial charge in [-0.15, -0.1) is 0 Å². The van der Waals surface area contributed by atoms with Gasteiger partial charge in [-0.1, -0.05) is 171 Å². The fourth-order valence-electron chi connectivity index (χ4n) is 11.1. The first kappa shape index (κ1) is 35.0. The van der Waals surface area contributed by atoms with Gasteiger partial charge in [-0.05, 0) is 147 Å². The zero-order valence-corrected chi connectivity index (χ0v) is 33.2. The Morgan fingerprint density at radius 3 is 1.93 bits per heavy atom. The van der Waals surface area contributed by atoms with Gasteiger partial charge < -0.3 is 4.90 Å². The van der Waals surface area contributed by atoms with Crippen LogP contribution in [0.2, 0.25) is 0 Å². The molecule has 0 unspecified atom stereocenters. The summed E-state index contributed by atoms with van der Waals surface area (Å²) in [4.78, 5) is 2.58. The van der Waals surface area contributed by atoms with Gasteiger partial charge in [-0.2, -0.15) is 0 Å². The van der Waals surface area contributed by atoms with E-state index in [1.165, 1.54) is 141 Å². The smallest absolute Gasteiger partial charge is 0.0720 e. The third kappa shape index (κ3) is 5.66. The third-order valence-corrected chi connectivity index (χ3v) is 13.7. The van der Waals surface area contributed by atoms with E-state index in [-0.39, 0.29) is 0 Å². The van der Waals surface area contributed by atoms with Gasteiger partial charge in [-0.25, -0.2) is 0 Å². The zero-order valence-electron chi connectivity index (χ0n) is 33.2. The predicted octanol–water partition coefficient (Wildman–Crippen LogP) is 15.3. The van der Waals surface area contributed by atoms with E-state index >= 15 is 0 Å². The lowest BCUT2D eigenvalue weighted by atomic mass is 9.66. The first-order valence-electron chi connectivity index (χ1n) is 21.7. The average molecular weight is 748 g/mol. The SMILES string of the molecule is c1ccc(C2(c3ccccc3)c3cc(N(c4ccc(-c5cccc6c5CCCC6)cc4)c4ccccc4C4CCCCC4)ccc3-c3ccc4ccccc4c32)cc1. The number of para-hydroxylation sites is 1. The molecule has 58 heavy (non-hydrogen) atoms. The van der Waals surface area contributed by atoms with Gasteiger partial charge in [0.25, 0.3) is 0 Å². The lowest BCUT2D eigenvalue weighted by Crippen LogP contribution is -2.29.